The van der Waals surface area contributed by atoms with Crippen LogP contribution >= 0.6 is 11.3 Å². The number of thiazole rings is 1. The monoisotopic (exact) mass is 195 g/mol. The molecule has 1 aromatic heterocycles. The number of hydrogen-bond acceptors (Lipinski definition) is 3. The van der Waals surface area contributed by atoms with Crippen LogP contribution < -0.4 is 0 Å². The van der Waals surface area contributed by atoms with Gasteiger partial charge in [0.1, 0.15) is 5.69 Å². The molecule has 0 spiro atoms. The van der Waals surface area contributed by atoms with Crippen LogP contribution in [0, 0.1) is 12.3 Å². The third-order valence-corrected chi connectivity index (χ3v) is 3.37. The summed E-state index contributed by atoms with van der Waals surface area (Å²) in [4.78, 5) is 15.8. The van der Waals surface area contributed by atoms with E-state index in [1.807, 2.05) is 12.3 Å². The number of carbonyl (C=O) groups is 1. The van der Waals surface area contributed by atoms with Crippen molar-refractivity contribution in [3.05, 3.63) is 16.1 Å². The van der Waals surface area contributed by atoms with Gasteiger partial charge in [-0.1, -0.05) is 6.92 Å². The van der Waals surface area contributed by atoms with Crippen molar-refractivity contribution in [3.63, 3.8) is 0 Å². The summed E-state index contributed by atoms with van der Waals surface area (Å²) in [6.45, 7) is 4.10. The lowest BCUT2D eigenvalue weighted by atomic mass is 10.0. The topological polar surface area (TPSA) is 30.0 Å². The lowest BCUT2D eigenvalue weighted by molar-refractivity contribution is 0.0955. The predicted octanol–water partition coefficient (Wildman–Crippen LogP) is 2.82. The molecule has 0 amide bonds. The molecule has 70 valence electrons. The molecule has 0 bridgehead atoms. The third-order valence-electron chi connectivity index (χ3n) is 2.60. The average Bonchev–Trinajstić information content (AvgIpc) is 2.62. The second-order valence-electron chi connectivity index (χ2n) is 4.16. The van der Waals surface area contributed by atoms with Crippen molar-refractivity contribution in [2.75, 3.05) is 0 Å². The summed E-state index contributed by atoms with van der Waals surface area (Å²) in [7, 11) is 0. The zero-order valence-electron chi connectivity index (χ0n) is 7.96. The molecule has 0 radical (unpaired) electrons. The lowest BCUT2D eigenvalue weighted by Crippen LogP contribution is -2.06. The van der Waals surface area contributed by atoms with E-state index in [0.717, 1.165) is 5.01 Å². The molecule has 1 fully saturated rings. The van der Waals surface area contributed by atoms with E-state index >= 15 is 0 Å². The minimum absolute atomic E-state index is 0.212. The van der Waals surface area contributed by atoms with Crippen LogP contribution in [0.1, 0.15) is 41.7 Å². The Morgan fingerprint density at radius 2 is 2.38 bits per heavy atom. The Hall–Kier alpha value is -0.700. The minimum Gasteiger partial charge on any atom is -0.292 e. The summed E-state index contributed by atoms with van der Waals surface area (Å²) in [6.07, 6.45) is 3.07. The van der Waals surface area contributed by atoms with Crippen LogP contribution in [0.2, 0.25) is 0 Å². The first kappa shape index (κ1) is 8.88. The van der Waals surface area contributed by atoms with E-state index in [2.05, 4.69) is 11.9 Å². The molecule has 1 aliphatic carbocycles. The maximum Gasteiger partial charge on any atom is 0.182 e. The lowest BCUT2D eigenvalue weighted by Gasteiger charge is -2.03. The summed E-state index contributed by atoms with van der Waals surface area (Å²) >= 11 is 1.55. The number of ketones is 1. The molecule has 1 aliphatic rings. The first-order chi connectivity index (χ1) is 6.09. The van der Waals surface area contributed by atoms with Gasteiger partial charge in [-0.2, -0.15) is 0 Å². The smallest absolute Gasteiger partial charge is 0.182 e. The molecule has 2 rings (SSSR count). The van der Waals surface area contributed by atoms with E-state index in [1.54, 1.807) is 11.3 Å². The number of carbonyl (C=O) groups excluding carboxylic acids is 1. The molecular weight excluding hydrogens is 182 g/mol. The van der Waals surface area contributed by atoms with Gasteiger partial charge >= 0.3 is 0 Å². The van der Waals surface area contributed by atoms with Gasteiger partial charge in [-0.15, -0.1) is 11.3 Å². The molecule has 1 saturated carbocycles. The van der Waals surface area contributed by atoms with Crippen LogP contribution in [0.5, 0.6) is 0 Å². The molecule has 2 nitrogen and oxygen atoms in total. The number of rotatable bonds is 3. The summed E-state index contributed by atoms with van der Waals surface area (Å²) in [5.41, 5.74) is 0.963. The Kier molecular flexibility index (Phi) is 1.99. The van der Waals surface area contributed by atoms with E-state index in [0.29, 0.717) is 17.5 Å². The molecule has 0 unspecified atom stereocenters. The molecule has 13 heavy (non-hydrogen) atoms. The second kappa shape index (κ2) is 2.91. The fourth-order valence-electron chi connectivity index (χ4n) is 1.36. The summed E-state index contributed by atoms with van der Waals surface area (Å²) < 4.78 is 0. The summed E-state index contributed by atoms with van der Waals surface area (Å²) in [5.74, 6) is 0.212. The van der Waals surface area contributed by atoms with Gasteiger partial charge < -0.3 is 0 Å². The van der Waals surface area contributed by atoms with Crippen molar-refractivity contribution in [3.8, 4) is 0 Å². The highest BCUT2D eigenvalue weighted by Gasteiger charge is 2.39. The Labute approximate surface area is 82.0 Å². The van der Waals surface area contributed by atoms with Crippen molar-refractivity contribution in [1.82, 2.24) is 4.98 Å². The van der Waals surface area contributed by atoms with E-state index in [9.17, 15) is 4.79 Å². The Bertz CT molecular complexity index is 338. The number of aryl methyl sites for hydroxylation is 1. The van der Waals surface area contributed by atoms with Crippen molar-refractivity contribution in [1.29, 1.82) is 0 Å². The molecule has 0 atom stereocenters. The van der Waals surface area contributed by atoms with E-state index < -0.39 is 0 Å². The normalized spacial score (nSPS) is 18.6. The standard InChI is InChI=1S/C10H13NOS/c1-7-11-8(6-13-7)9(12)5-10(2)3-4-10/h6H,3-5H2,1-2H3. The number of hydrogen-bond donors (Lipinski definition) is 0. The Morgan fingerprint density at radius 3 is 2.85 bits per heavy atom. The fraction of sp³-hybridized carbons (Fsp3) is 0.600. The van der Waals surface area contributed by atoms with E-state index in [-0.39, 0.29) is 5.78 Å². The summed E-state index contributed by atoms with van der Waals surface area (Å²) in [5, 5.41) is 2.84. The van der Waals surface area contributed by atoms with Crippen molar-refractivity contribution in [2.45, 2.75) is 33.1 Å². The first-order valence-corrected chi connectivity index (χ1v) is 5.42. The molecular formula is C10H13NOS. The van der Waals surface area contributed by atoms with Gasteiger partial charge in [0.2, 0.25) is 0 Å². The highest BCUT2D eigenvalue weighted by atomic mass is 32.1. The van der Waals surface area contributed by atoms with Crippen LogP contribution in [0.4, 0.5) is 0 Å². The minimum atomic E-state index is 0.212. The SMILES string of the molecule is Cc1nc(C(=O)CC2(C)CC2)cs1. The molecule has 0 aromatic carbocycles. The van der Waals surface area contributed by atoms with Crippen LogP contribution in [-0.2, 0) is 0 Å². The maximum atomic E-state index is 11.7. The molecule has 0 aliphatic heterocycles. The molecule has 0 N–H and O–H groups in total. The average molecular weight is 195 g/mol. The van der Waals surface area contributed by atoms with Gasteiger partial charge in [0, 0.05) is 11.8 Å². The predicted molar refractivity (Wildman–Crippen MR) is 53.1 cm³/mol. The van der Waals surface area contributed by atoms with E-state index in [4.69, 9.17) is 0 Å². The van der Waals surface area contributed by atoms with Gasteiger partial charge in [0.25, 0.3) is 0 Å². The van der Waals surface area contributed by atoms with Crippen LogP contribution in [0.15, 0.2) is 5.38 Å². The molecule has 3 heteroatoms. The van der Waals surface area contributed by atoms with Gasteiger partial charge in [0.05, 0.1) is 5.01 Å². The Balaban J connectivity index is 2.05. The van der Waals surface area contributed by atoms with Crippen molar-refractivity contribution >= 4 is 17.1 Å². The second-order valence-corrected chi connectivity index (χ2v) is 5.22. The molecule has 1 heterocycles. The Morgan fingerprint density at radius 1 is 1.69 bits per heavy atom. The fourth-order valence-corrected chi connectivity index (χ4v) is 1.98. The van der Waals surface area contributed by atoms with Crippen LogP contribution in [0.25, 0.3) is 0 Å². The molecule has 0 saturated heterocycles. The zero-order chi connectivity index (χ0) is 9.47. The van der Waals surface area contributed by atoms with Crippen molar-refractivity contribution < 1.29 is 4.79 Å². The van der Waals surface area contributed by atoms with Crippen LogP contribution in [-0.4, -0.2) is 10.8 Å². The third kappa shape index (κ3) is 1.97. The number of nitrogens with zero attached hydrogens (tertiary/aromatic N) is 1. The van der Waals surface area contributed by atoms with Gasteiger partial charge in [-0.3, -0.25) is 4.79 Å². The van der Waals surface area contributed by atoms with E-state index in [1.165, 1.54) is 12.8 Å². The highest BCUT2D eigenvalue weighted by molar-refractivity contribution is 7.09. The number of Topliss-reactive ketones (excluding diaryl/α,β-unsaturated/α-hetero) is 1. The quantitative estimate of drug-likeness (QED) is 0.694. The maximum absolute atomic E-state index is 11.7. The molecule has 1 aromatic rings. The number of aromatic nitrogens is 1. The van der Waals surface area contributed by atoms with Gasteiger partial charge in [-0.05, 0) is 25.2 Å². The van der Waals surface area contributed by atoms with Crippen LogP contribution in [0.3, 0.4) is 0 Å². The largest absolute Gasteiger partial charge is 0.292 e. The highest BCUT2D eigenvalue weighted by Crippen LogP contribution is 2.48. The van der Waals surface area contributed by atoms with Gasteiger partial charge in [-0.25, -0.2) is 4.98 Å². The zero-order valence-corrected chi connectivity index (χ0v) is 8.78. The van der Waals surface area contributed by atoms with Crippen molar-refractivity contribution in [2.24, 2.45) is 5.41 Å². The summed E-state index contributed by atoms with van der Waals surface area (Å²) in [6, 6.07) is 0. The first-order valence-electron chi connectivity index (χ1n) is 4.54. The van der Waals surface area contributed by atoms with Gasteiger partial charge in [0.15, 0.2) is 5.78 Å².